The molecule has 0 aromatic heterocycles. The van der Waals surface area contributed by atoms with Gasteiger partial charge in [-0.25, -0.2) is 0 Å². The van der Waals surface area contributed by atoms with E-state index in [1.165, 1.54) is 44.9 Å². The van der Waals surface area contributed by atoms with Crippen molar-refractivity contribution in [2.24, 2.45) is 35.0 Å². The van der Waals surface area contributed by atoms with Gasteiger partial charge in [-0.2, -0.15) is 0 Å². The van der Waals surface area contributed by atoms with Gasteiger partial charge in [0.25, 0.3) is 0 Å². The van der Waals surface area contributed by atoms with Gasteiger partial charge in [0, 0.05) is 0 Å². The molecule has 6 atom stereocenters. The minimum Gasteiger partial charge on any atom is -0.0850 e. The number of allylic oxidation sites excluding steroid dienone is 2. The van der Waals surface area contributed by atoms with Crippen LogP contribution in [0.1, 0.15) is 78.1 Å². The largest absolute Gasteiger partial charge is 0.0850 e. The lowest BCUT2D eigenvalue weighted by Gasteiger charge is -2.54. The summed E-state index contributed by atoms with van der Waals surface area (Å²) >= 11 is 0. The fourth-order valence-electron chi connectivity index (χ4n) is 7.08. The SMILES string of the molecule is CCC1CCC2C3CCC4=CCCCC4C3CCC12C. The van der Waals surface area contributed by atoms with E-state index in [0.717, 1.165) is 29.6 Å². The van der Waals surface area contributed by atoms with E-state index in [4.69, 9.17) is 0 Å². The zero-order chi connectivity index (χ0) is 13.7. The average molecular weight is 272 g/mol. The van der Waals surface area contributed by atoms with Crippen LogP contribution in [0.5, 0.6) is 0 Å². The van der Waals surface area contributed by atoms with Crippen molar-refractivity contribution in [2.45, 2.75) is 78.1 Å². The van der Waals surface area contributed by atoms with Crippen molar-refractivity contribution in [1.82, 2.24) is 0 Å². The highest BCUT2D eigenvalue weighted by molar-refractivity contribution is 5.18. The molecular weight excluding hydrogens is 240 g/mol. The molecule has 0 amide bonds. The Labute approximate surface area is 125 Å². The molecule has 3 fully saturated rings. The molecule has 20 heavy (non-hydrogen) atoms. The number of fused-ring (bicyclic) bond motifs is 5. The van der Waals surface area contributed by atoms with Crippen LogP contribution >= 0.6 is 0 Å². The zero-order valence-corrected chi connectivity index (χ0v) is 13.5. The summed E-state index contributed by atoms with van der Waals surface area (Å²) in [5.41, 5.74) is 2.59. The first-order valence-electron chi connectivity index (χ1n) is 9.43. The lowest BCUT2D eigenvalue weighted by molar-refractivity contribution is -0.0222. The predicted octanol–water partition coefficient (Wildman–Crippen LogP) is 5.98. The third-order valence-corrected chi connectivity index (χ3v) is 8.07. The summed E-state index contributed by atoms with van der Waals surface area (Å²) in [6.07, 6.45) is 17.6. The van der Waals surface area contributed by atoms with Gasteiger partial charge in [0.05, 0.1) is 0 Å². The van der Waals surface area contributed by atoms with Gasteiger partial charge in [0.2, 0.25) is 0 Å². The quantitative estimate of drug-likeness (QED) is 0.515. The van der Waals surface area contributed by atoms with Gasteiger partial charge in [-0.3, -0.25) is 0 Å². The first-order chi connectivity index (χ1) is 9.74. The predicted molar refractivity (Wildman–Crippen MR) is 85.5 cm³/mol. The molecule has 0 heterocycles. The first-order valence-corrected chi connectivity index (χ1v) is 9.43. The van der Waals surface area contributed by atoms with E-state index in [1.54, 1.807) is 19.3 Å². The van der Waals surface area contributed by atoms with Gasteiger partial charge in [0.1, 0.15) is 0 Å². The smallest absolute Gasteiger partial charge is 0.0172 e. The Kier molecular flexibility index (Phi) is 3.28. The Hall–Kier alpha value is -0.260. The van der Waals surface area contributed by atoms with Crippen molar-refractivity contribution < 1.29 is 0 Å². The van der Waals surface area contributed by atoms with Crippen LogP contribution < -0.4 is 0 Å². The second-order valence-corrected chi connectivity index (χ2v) is 8.52. The molecule has 3 saturated carbocycles. The Morgan fingerprint density at radius 2 is 2.00 bits per heavy atom. The Morgan fingerprint density at radius 1 is 1.10 bits per heavy atom. The summed E-state index contributed by atoms with van der Waals surface area (Å²) in [7, 11) is 0. The van der Waals surface area contributed by atoms with Crippen LogP contribution in [0.2, 0.25) is 0 Å². The van der Waals surface area contributed by atoms with Gasteiger partial charge in [-0.1, -0.05) is 31.9 Å². The maximum absolute atomic E-state index is 2.67. The Balaban J connectivity index is 1.61. The average Bonchev–Trinajstić information content (AvgIpc) is 2.83. The number of hydrogen-bond acceptors (Lipinski definition) is 0. The van der Waals surface area contributed by atoms with Gasteiger partial charge in [-0.15, -0.1) is 0 Å². The van der Waals surface area contributed by atoms with Crippen molar-refractivity contribution in [3.05, 3.63) is 11.6 Å². The molecule has 6 unspecified atom stereocenters. The van der Waals surface area contributed by atoms with Crippen molar-refractivity contribution in [2.75, 3.05) is 0 Å². The fraction of sp³-hybridized carbons (Fsp3) is 0.900. The minimum absolute atomic E-state index is 0.714. The van der Waals surface area contributed by atoms with Crippen LogP contribution in [0, 0.1) is 35.0 Å². The van der Waals surface area contributed by atoms with Crippen LogP contribution in [-0.4, -0.2) is 0 Å². The maximum atomic E-state index is 2.67. The van der Waals surface area contributed by atoms with E-state index in [2.05, 4.69) is 19.9 Å². The number of hydrogen-bond donors (Lipinski definition) is 0. The number of rotatable bonds is 1. The van der Waals surface area contributed by atoms with E-state index < -0.39 is 0 Å². The minimum atomic E-state index is 0.714. The molecule has 0 aliphatic heterocycles. The normalized spacial score (nSPS) is 50.9. The fourth-order valence-corrected chi connectivity index (χ4v) is 7.08. The van der Waals surface area contributed by atoms with Gasteiger partial charge in [0.15, 0.2) is 0 Å². The molecule has 0 aromatic rings. The molecule has 0 aromatic carbocycles. The van der Waals surface area contributed by atoms with Gasteiger partial charge >= 0.3 is 0 Å². The Morgan fingerprint density at radius 3 is 2.85 bits per heavy atom. The molecule has 112 valence electrons. The highest BCUT2D eigenvalue weighted by Gasteiger charge is 2.55. The Bertz CT molecular complexity index is 406. The molecule has 0 spiro atoms. The van der Waals surface area contributed by atoms with Crippen molar-refractivity contribution in [3.8, 4) is 0 Å². The van der Waals surface area contributed by atoms with Crippen LogP contribution in [0.4, 0.5) is 0 Å². The van der Waals surface area contributed by atoms with Crippen LogP contribution in [0.25, 0.3) is 0 Å². The van der Waals surface area contributed by atoms with Crippen LogP contribution in [0.3, 0.4) is 0 Å². The highest BCUT2D eigenvalue weighted by Crippen LogP contribution is 2.64. The molecule has 0 heteroatoms. The van der Waals surface area contributed by atoms with Gasteiger partial charge in [-0.05, 0) is 92.8 Å². The third kappa shape index (κ3) is 1.79. The van der Waals surface area contributed by atoms with Crippen LogP contribution in [0.15, 0.2) is 11.6 Å². The van der Waals surface area contributed by atoms with E-state index in [1.807, 2.05) is 5.57 Å². The van der Waals surface area contributed by atoms with E-state index in [-0.39, 0.29) is 0 Å². The summed E-state index contributed by atoms with van der Waals surface area (Å²) in [6.45, 7) is 5.11. The summed E-state index contributed by atoms with van der Waals surface area (Å²) in [6, 6.07) is 0. The summed E-state index contributed by atoms with van der Waals surface area (Å²) in [5, 5.41) is 0. The lowest BCUT2D eigenvalue weighted by atomic mass is 9.51. The monoisotopic (exact) mass is 272 g/mol. The molecule has 4 rings (SSSR count). The van der Waals surface area contributed by atoms with E-state index >= 15 is 0 Å². The molecule has 0 bridgehead atoms. The maximum Gasteiger partial charge on any atom is -0.0172 e. The standard InChI is InChI=1S/C20H32/c1-3-15-9-11-19-18-10-8-14-6-4-5-7-16(14)17(18)12-13-20(15,19)2/h6,15-19H,3-5,7-13H2,1-2H3. The summed E-state index contributed by atoms with van der Waals surface area (Å²) in [4.78, 5) is 0. The first kappa shape index (κ1) is 13.4. The summed E-state index contributed by atoms with van der Waals surface area (Å²) < 4.78 is 0. The molecular formula is C20H32. The zero-order valence-electron chi connectivity index (χ0n) is 13.5. The molecule has 0 radical (unpaired) electrons. The van der Waals surface area contributed by atoms with Gasteiger partial charge < -0.3 is 0 Å². The lowest BCUT2D eigenvalue weighted by Crippen LogP contribution is -2.46. The third-order valence-electron chi connectivity index (χ3n) is 8.07. The summed E-state index contributed by atoms with van der Waals surface area (Å²) in [5.74, 6) is 5.29. The van der Waals surface area contributed by atoms with Crippen molar-refractivity contribution >= 4 is 0 Å². The molecule has 0 saturated heterocycles. The van der Waals surface area contributed by atoms with Crippen LogP contribution in [-0.2, 0) is 0 Å². The molecule has 4 aliphatic carbocycles. The molecule has 0 nitrogen and oxygen atoms in total. The second kappa shape index (κ2) is 4.89. The topological polar surface area (TPSA) is 0 Å². The van der Waals surface area contributed by atoms with Crippen molar-refractivity contribution in [3.63, 3.8) is 0 Å². The van der Waals surface area contributed by atoms with Crippen molar-refractivity contribution in [1.29, 1.82) is 0 Å². The van der Waals surface area contributed by atoms with E-state index in [0.29, 0.717) is 5.41 Å². The highest BCUT2D eigenvalue weighted by atomic mass is 14.6. The van der Waals surface area contributed by atoms with E-state index in [9.17, 15) is 0 Å². The molecule has 4 aliphatic rings. The molecule has 0 N–H and O–H groups in total. The second-order valence-electron chi connectivity index (χ2n) is 8.52.